The minimum absolute atomic E-state index is 0.104. The molecule has 2 rings (SSSR count). The Morgan fingerprint density at radius 1 is 1.24 bits per heavy atom. The van der Waals surface area contributed by atoms with Gasteiger partial charge in [-0.1, -0.05) is 6.07 Å². The summed E-state index contributed by atoms with van der Waals surface area (Å²) in [5.41, 5.74) is 0.856. The second-order valence-electron chi connectivity index (χ2n) is 4.03. The molecule has 2 aromatic heterocycles. The molecule has 1 N–H and O–H groups in total. The third-order valence-corrected chi connectivity index (χ3v) is 3.72. The van der Waals surface area contributed by atoms with Gasteiger partial charge in [0.1, 0.15) is 5.82 Å². The van der Waals surface area contributed by atoms with E-state index >= 15 is 0 Å². The molecule has 0 spiro atoms. The molecule has 0 aliphatic heterocycles. The molecular formula is C13H15FN2S. The molecule has 90 valence electrons. The van der Waals surface area contributed by atoms with E-state index in [0.717, 1.165) is 5.69 Å². The molecule has 2 nitrogen and oxygen atoms in total. The maximum absolute atomic E-state index is 12.8. The highest BCUT2D eigenvalue weighted by molar-refractivity contribution is 7.10. The highest BCUT2D eigenvalue weighted by atomic mass is 32.1. The summed E-state index contributed by atoms with van der Waals surface area (Å²) in [5, 5.41) is 5.51. The van der Waals surface area contributed by atoms with Crippen LogP contribution in [-0.2, 0) is 0 Å². The van der Waals surface area contributed by atoms with E-state index in [1.807, 2.05) is 13.0 Å². The van der Waals surface area contributed by atoms with Gasteiger partial charge < -0.3 is 5.32 Å². The topological polar surface area (TPSA) is 24.9 Å². The molecule has 2 atom stereocenters. The van der Waals surface area contributed by atoms with Crippen LogP contribution < -0.4 is 5.32 Å². The van der Waals surface area contributed by atoms with Crippen molar-refractivity contribution in [3.8, 4) is 0 Å². The van der Waals surface area contributed by atoms with Gasteiger partial charge in [0.25, 0.3) is 0 Å². The van der Waals surface area contributed by atoms with Gasteiger partial charge in [-0.3, -0.25) is 4.98 Å². The first-order valence-electron chi connectivity index (χ1n) is 5.57. The lowest BCUT2D eigenvalue weighted by Gasteiger charge is -2.18. The summed E-state index contributed by atoms with van der Waals surface area (Å²) < 4.78 is 12.8. The van der Waals surface area contributed by atoms with Crippen molar-refractivity contribution >= 4 is 11.3 Å². The lowest BCUT2D eigenvalue weighted by molar-refractivity contribution is 0.489. The molecule has 0 saturated carbocycles. The first kappa shape index (κ1) is 12.2. The third kappa shape index (κ3) is 3.11. The fraction of sp³-hybridized carbons (Fsp3) is 0.308. The van der Waals surface area contributed by atoms with Gasteiger partial charge in [0.2, 0.25) is 0 Å². The Morgan fingerprint density at radius 2 is 2.06 bits per heavy atom. The summed E-state index contributed by atoms with van der Waals surface area (Å²) in [5.74, 6) is -0.299. The van der Waals surface area contributed by atoms with Crippen LogP contribution in [0.1, 0.15) is 36.5 Å². The van der Waals surface area contributed by atoms with Gasteiger partial charge in [0.05, 0.1) is 11.9 Å². The summed E-state index contributed by atoms with van der Waals surface area (Å²) in [6, 6.07) is 7.68. The number of aromatic nitrogens is 1. The number of halogens is 1. The summed E-state index contributed by atoms with van der Waals surface area (Å²) in [7, 11) is 0. The average molecular weight is 250 g/mol. The van der Waals surface area contributed by atoms with Crippen molar-refractivity contribution in [3.05, 3.63) is 52.2 Å². The van der Waals surface area contributed by atoms with Crippen LogP contribution in [0.3, 0.4) is 0 Å². The zero-order valence-corrected chi connectivity index (χ0v) is 10.7. The molecule has 2 heterocycles. The Balaban J connectivity index is 2.01. The molecule has 2 unspecified atom stereocenters. The van der Waals surface area contributed by atoms with E-state index in [4.69, 9.17) is 0 Å². The van der Waals surface area contributed by atoms with Gasteiger partial charge in [-0.05, 0) is 37.4 Å². The Kier molecular flexibility index (Phi) is 3.86. The summed E-state index contributed by atoms with van der Waals surface area (Å²) in [6.45, 7) is 4.15. The third-order valence-electron chi connectivity index (χ3n) is 2.66. The molecule has 17 heavy (non-hydrogen) atoms. The van der Waals surface area contributed by atoms with Crippen molar-refractivity contribution in [1.82, 2.24) is 10.3 Å². The summed E-state index contributed by atoms with van der Waals surface area (Å²) in [6.07, 6.45) is 1.25. The van der Waals surface area contributed by atoms with E-state index in [2.05, 4.69) is 28.7 Å². The van der Waals surface area contributed by atoms with E-state index in [0.29, 0.717) is 0 Å². The van der Waals surface area contributed by atoms with E-state index < -0.39 is 0 Å². The number of thiophene rings is 1. The molecule has 4 heteroatoms. The first-order valence-corrected chi connectivity index (χ1v) is 6.45. The zero-order valence-electron chi connectivity index (χ0n) is 9.85. The van der Waals surface area contributed by atoms with Gasteiger partial charge in [-0.15, -0.1) is 11.3 Å². The van der Waals surface area contributed by atoms with E-state index in [-0.39, 0.29) is 17.9 Å². The van der Waals surface area contributed by atoms with Gasteiger partial charge in [-0.2, -0.15) is 0 Å². The van der Waals surface area contributed by atoms with Crippen molar-refractivity contribution in [3.63, 3.8) is 0 Å². The summed E-state index contributed by atoms with van der Waals surface area (Å²) >= 11 is 1.73. The van der Waals surface area contributed by atoms with Gasteiger partial charge in [0.15, 0.2) is 0 Å². The smallest absolute Gasteiger partial charge is 0.141 e. The zero-order chi connectivity index (χ0) is 12.3. The van der Waals surface area contributed by atoms with Crippen LogP contribution in [0.15, 0.2) is 35.8 Å². The maximum atomic E-state index is 12.8. The number of hydrogen-bond acceptors (Lipinski definition) is 3. The first-order chi connectivity index (χ1) is 8.16. The molecule has 0 amide bonds. The second kappa shape index (κ2) is 5.38. The minimum atomic E-state index is -0.299. The molecule has 0 radical (unpaired) electrons. The molecule has 0 aromatic carbocycles. The molecule has 0 saturated heterocycles. The SMILES string of the molecule is CC(NC(C)c1cccs1)c1ccc(F)cn1. The van der Waals surface area contributed by atoms with Gasteiger partial charge in [0, 0.05) is 17.0 Å². The quantitative estimate of drug-likeness (QED) is 0.895. The minimum Gasteiger partial charge on any atom is -0.301 e. The molecule has 2 aromatic rings. The molecule has 0 bridgehead atoms. The van der Waals surface area contributed by atoms with Crippen LogP contribution >= 0.6 is 11.3 Å². The second-order valence-corrected chi connectivity index (χ2v) is 5.01. The number of nitrogens with one attached hydrogen (secondary N) is 1. The van der Waals surface area contributed by atoms with Crippen LogP contribution in [0.5, 0.6) is 0 Å². The predicted octanol–water partition coefficient (Wildman–Crippen LogP) is 3.69. The number of hydrogen-bond donors (Lipinski definition) is 1. The highest BCUT2D eigenvalue weighted by Crippen LogP contribution is 2.21. The number of pyridine rings is 1. The van der Waals surface area contributed by atoms with Crippen molar-refractivity contribution < 1.29 is 4.39 Å². The Morgan fingerprint density at radius 3 is 2.65 bits per heavy atom. The van der Waals surface area contributed by atoms with Gasteiger partial charge >= 0.3 is 0 Å². The predicted molar refractivity (Wildman–Crippen MR) is 68.5 cm³/mol. The van der Waals surface area contributed by atoms with E-state index in [9.17, 15) is 4.39 Å². The van der Waals surface area contributed by atoms with Crippen molar-refractivity contribution in [2.75, 3.05) is 0 Å². The van der Waals surface area contributed by atoms with Crippen molar-refractivity contribution in [1.29, 1.82) is 0 Å². The maximum Gasteiger partial charge on any atom is 0.141 e. The number of rotatable bonds is 4. The Hall–Kier alpha value is -1.26. The van der Waals surface area contributed by atoms with E-state index in [1.54, 1.807) is 17.4 Å². The van der Waals surface area contributed by atoms with Crippen LogP contribution in [0.25, 0.3) is 0 Å². The number of nitrogens with zero attached hydrogens (tertiary/aromatic N) is 1. The molecule has 0 aliphatic rings. The molecule has 0 aliphatic carbocycles. The normalized spacial score (nSPS) is 14.5. The van der Waals surface area contributed by atoms with Crippen LogP contribution in [-0.4, -0.2) is 4.98 Å². The lowest BCUT2D eigenvalue weighted by Crippen LogP contribution is -2.22. The van der Waals surface area contributed by atoms with Crippen LogP contribution in [0, 0.1) is 5.82 Å². The van der Waals surface area contributed by atoms with E-state index in [1.165, 1.54) is 17.1 Å². The summed E-state index contributed by atoms with van der Waals surface area (Å²) in [4.78, 5) is 5.37. The standard InChI is InChI=1S/C13H15FN2S/c1-9(12-6-5-11(14)8-15-12)16-10(2)13-4-3-7-17-13/h3-10,16H,1-2H3. The Labute approximate surface area is 105 Å². The highest BCUT2D eigenvalue weighted by Gasteiger charge is 2.12. The lowest BCUT2D eigenvalue weighted by atomic mass is 10.1. The molecule has 0 fully saturated rings. The molecular weight excluding hydrogens is 235 g/mol. The average Bonchev–Trinajstić information content (AvgIpc) is 2.83. The monoisotopic (exact) mass is 250 g/mol. The van der Waals surface area contributed by atoms with Crippen molar-refractivity contribution in [2.24, 2.45) is 0 Å². The van der Waals surface area contributed by atoms with Crippen LogP contribution in [0.4, 0.5) is 4.39 Å². The largest absolute Gasteiger partial charge is 0.301 e. The fourth-order valence-electron chi connectivity index (χ4n) is 1.72. The fourth-order valence-corrected chi connectivity index (χ4v) is 2.47. The van der Waals surface area contributed by atoms with Crippen molar-refractivity contribution in [2.45, 2.75) is 25.9 Å². The van der Waals surface area contributed by atoms with Crippen LogP contribution in [0.2, 0.25) is 0 Å². The van der Waals surface area contributed by atoms with Gasteiger partial charge in [-0.25, -0.2) is 4.39 Å². The Bertz CT molecular complexity index is 453.